The predicted octanol–water partition coefficient (Wildman–Crippen LogP) is 2.50. The molecule has 0 radical (unpaired) electrons. The van der Waals surface area contributed by atoms with Crippen molar-refractivity contribution in [1.29, 1.82) is 0 Å². The average molecular weight is 266 g/mol. The zero-order chi connectivity index (χ0) is 14.3. The summed E-state index contributed by atoms with van der Waals surface area (Å²) in [6, 6.07) is 7.81. The van der Waals surface area contributed by atoms with Crippen LogP contribution in [0.1, 0.15) is 38.2 Å². The van der Waals surface area contributed by atoms with Crippen molar-refractivity contribution in [3.05, 3.63) is 29.8 Å². The van der Waals surface area contributed by atoms with E-state index in [4.69, 9.17) is 4.74 Å². The number of aliphatic hydroxyl groups excluding tert-OH is 1. The second-order valence-corrected chi connectivity index (χ2v) is 4.62. The molecule has 0 saturated carbocycles. The zero-order valence-electron chi connectivity index (χ0n) is 11.8. The summed E-state index contributed by atoms with van der Waals surface area (Å²) in [6.45, 7) is 4.41. The number of aliphatic hydroxyl groups is 1. The van der Waals surface area contributed by atoms with Crippen molar-refractivity contribution in [2.75, 3.05) is 13.7 Å². The molecule has 0 aliphatic rings. The summed E-state index contributed by atoms with van der Waals surface area (Å²) in [5.74, 6) is 0.776. The quantitative estimate of drug-likeness (QED) is 0.770. The summed E-state index contributed by atoms with van der Waals surface area (Å²) in [6.07, 6.45) is 0.196. The first-order chi connectivity index (χ1) is 9.06. The van der Waals surface area contributed by atoms with Gasteiger partial charge in [-0.2, -0.15) is 0 Å². The van der Waals surface area contributed by atoms with E-state index >= 15 is 0 Å². The van der Waals surface area contributed by atoms with E-state index in [0.29, 0.717) is 11.7 Å². The maximum Gasteiger partial charge on any atom is 0.308 e. The molecule has 0 unspecified atom stereocenters. The smallest absolute Gasteiger partial charge is 0.308 e. The summed E-state index contributed by atoms with van der Waals surface area (Å²) in [4.78, 5) is 10.9. The van der Waals surface area contributed by atoms with Crippen LogP contribution in [0.25, 0.3) is 0 Å². The molecule has 1 rings (SSSR count). The molecular formula is C15H22O4. The van der Waals surface area contributed by atoms with E-state index < -0.39 is 12.1 Å². The minimum atomic E-state index is -0.846. The molecule has 0 spiro atoms. The van der Waals surface area contributed by atoms with Crippen molar-refractivity contribution in [3.8, 4) is 5.75 Å². The van der Waals surface area contributed by atoms with Crippen molar-refractivity contribution < 1.29 is 19.4 Å². The van der Waals surface area contributed by atoms with Gasteiger partial charge in [-0.15, -0.1) is 0 Å². The summed E-state index contributed by atoms with van der Waals surface area (Å²) in [5.41, 5.74) is 1.27. The number of carbonyl (C=O) groups is 1. The summed E-state index contributed by atoms with van der Waals surface area (Å²) in [7, 11) is 1.30. The van der Waals surface area contributed by atoms with Crippen molar-refractivity contribution in [2.45, 2.75) is 38.7 Å². The van der Waals surface area contributed by atoms with Crippen molar-refractivity contribution in [3.63, 3.8) is 0 Å². The van der Waals surface area contributed by atoms with Gasteiger partial charge < -0.3 is 14.6 Å². The highest BCUT2D eigenvalue weighted by atomic mass is 16.5. The maximum atomic E-state index is 10.9. The topological polar surface area (TPSA) is 55.8 Å². The normalized spacial score (nSPS) is 13.7. The van der Waals surface area contributed by atoms with Gasteiger partial charge in [-0.3, -0.25) is 4.79 Å². The molecule has 0 aliphatic carbocycles. The fraction of sp³-hybridized carbons (Fsp3) is 0.533. The lowest BCUT2D eigenvalue weighted by Gasteiger charge is -2.13. The Morgan fingerprint density at radius 3 is 2.47 bits per heavy atom. The number of hydrogen-bond acceptors (Lipinski definition) is 4. The maximum absolute atomic E-state index is 10.9. The largest absolute Gasteiger partial charge is 0.491 e. The third kappa shape index (κ3) is 5.30. The number of methoxy groups -OCH3 is 1. The fourth-order valence-corrected chi connectivity index (χ4v) is 1.66. The average Bonchev–Trinajstić information content (AvgIpc) is 2.44. The lowest BCUT2D eigenvalue weighted by atomic mass is 9.99. The van der Waals surface area contributed by atoms with Crippen LogP contribution in [-0.4, -0.2) is 30.9 Å². The predicted molar refractivity (Wildman–Crippen MR) is 73.3 cm³/mol. The Morgan fingerprint density at radius 2 is 1.95 bits per heavy atom. The molecule has 0 aromatic heterocycles. The number of hydrogen-bond donors (Lipinski definition) is 1. The second-order valence-electron chi connectivity index (χ2n) is 4.62. The molecule has 0 saturated heterocycles. The van der Waals surface area contributed by atoms with Gasteiger partial charge in [-0.25, -0.2) is 0 Å². The molecule has 0 amide bonds. The third-order valence-electron chi connectivity index (χ3n) is 3.13. The lowest BCUT2D eigenvalue weighted by molar-refractivity contribution is -0.143. The van der Waals surface area contributed by atoms with Crippen LogP contribution in [0.2, 0.25) is 0 Å². The Kier molecular flexibility index (Phi) is 6.36. The van der Waals surface area contributed by atoms with Crippen LogP contribution >= 0.6 is 0 Å². The first-order valence-corrected chi connectivity index (χ1v) is 6.54. The molecule has 2 atom stereocenters. The summed E-state index contributed by atoms with van der Waals surface area (Å²) >= 11 is 0. The minimum Gasteiger partial charge on any atom is -0.491 e. The van der Waals surface area contributed by atoms with Crippen LogP contribution in [-0.2, 0) is 9.53 Å². The monoisotopic (exact) mass is 266 g/mol. The Bertz CT molecular complexity index is 386. The first kappa shape index (κ1) is 15.5. The van der Waals surface area contributed by atoms with Crippen LogP contribution in [0.5, 0.6) is 5.75 Å². The van der Waals surface area contributed by atoms with Crippen molar-refractivity contribution >= 4 is 5.97 Å². The van der Waals surface area contributed by atoms with E-state index in [2.05, 4.69) is 18.6 Å². The van der Waals surface area contributed by atoms with Crippen LogP contribution in [0.3, 0.4) is 0 Å². The van der Waals surface area contributed by atoms with Gasteiger partial charge in [0.15, 0.2) is 0 Å². The van der Waals surface area contributed by atoms with Crippen LogP contribution in [0.15, 0.2) is 24.3 Å². The van der Waals surface area contributed by atoms with Gasteiger partial charge in [-0.05, 0) is 30.0 Å². The number of ether oxygens (including phenoxy) is 2. The Morgan fingerprint density at radius 1 is 1.32 bits per heavy atom. The van der Waals surface area contributed by atoms with E-state index in [0.717, 1.165) is 6.42 Å². The molecule has 0 fully saturated rings. The number of benzene rings is 1. The third-order valence-corrected chi connectivity index (χ3v) is 3.13. The summed E-state index contributed by atoms with van der Waals surface area (Å²) in [5, 5.41) is 9.57. The molecule has 1 N–H and O–H groups in total. The van der Waals surface area contributed by atoms with Gasteiger partial charge >= 0.3 is 5.97 Å². The molecule has 106 valence electrons. The highest BCUT2D eigenvalue weighted by Gasteiger charge is 2.11. The number of carbonyl (C=O) groups excluding carboxylic acids is 1. The van der Waals surface area contributed by atoms with E-state index in [1.165, 1.54) is 12.7 Å². The second kappa shape index (κ2) is 7.79. The highest BCUT2D eigenvalue weighted by Crippen LogP contribution is 2.21. The van der Waals surface area contributed by atoms with Gasteiger partial charge in [0, 0.05) is 0 Å². The van der Waals surface area contributed by atoms with Crippen LogP contribution in [0.4, 0.5) is 0 Å². The number of esters is 1. The summed E-state index contributed by atoms with van der Waals surface area (Å²) < 4.78 is 9.90. The Balaban J connectivity index is 2.43. The highest BCUT2D eigenvalue weighted by molar-refractivity contribution is 5.69. The SMILES string of the molecule is CC[C@H](C)c1ccc(OC[C@@H](O)CC(=O)OC)cc1. The van der Waals surface area contributed by atoms with Gasteiger partial charge in [0.1, 0.15) is 12.4 Å². The van der Waals surface area contributed by atoms with Crippen molar-refractivity contribution in [1.82, 2.24) is 0 Å². The van der Waals surface area contributed by atoms with Crippen molar-refractivity contribution in [2.24, 2.45) is 0 Å². The molecule has 0 heterocycles. The lowest BCUT2D eigenvalue weighted by Crippen LogP contribution is -2.21. The van der Waals surface area contributed by atoms with E-state index in [1.54, 1.807) is 0 Å². The molecule has 0 aliphatic heterocycles. The molecule has 4 heteroatoms. The molecule has 1 aromatic rings. The molecule has 1 aromatic carbocycles. The van der Waals surface area contributed by atoms with E-state index in [1.807, 2.05) is 24.3 Å². The van der Waals surface area contributed by atoms with E-state index in [-0.39, 0.29) is 13.0 Å². The zero-order valence-corrected chi connectivity index (χ0v) is 11.8. The minimum absolute atomic E-state index is 0.0541. The Labute approximate surface area is 114 Å². The molecular weight excluding hydrogens is 244 g/mol. The number of rotatable bonds is 7. The van der Waals surface area contributed by atoms with Gasteiger partial charge in [-0.1, -0.05) is 26.0 Å². The molecule has 0 bridgehead atoms. The van der Waals surface area contributed by atoms with Gasteiger partial charge in [0.2, 0.25) is 0 Å². The Hall–Kier alpha value is -1.55. The first-order valence-electron chi connectivity index (χ1n) is 6.54. The standard InChI is InChI=1S/C15H22O4/c1-4-11(2)12-5-7-14(8-6-12)19-10-13(16)9-15(17)18-3/h5-8,11,13,16H,4,9-10H2,1-3H3/t11-,13-/m0/s1. The van der Waals surface area contributed by atoms with E-state index in [9.17, 15) is 9.90 Å². The molecule has 19 heavy (non-hydrogen) atoms. The van der Waals surface area contributed by atoms with Crippen LogP contribution < -0.4 is 4.74 Å². The van der Waals surface area contributed by atoms with Gasteiger partial charge in [0.05, 0.1) is 19.6 Å². The van der Waals surface area contributed by atoms with Crippen LogP contribution in [0, 0.1) is 0 Å². The molecule has 4 nitrogen and oxygen atoms in total. The van der Waals surface area contributed by atoms with Gasteiger partial charge in [0.25, 0.3) is 0 Å². The fourth-order valence-electron chi connectivity index (χ4n) is 1.66.